The Bertz CT molecular complexity index is 648. The second-order valence-corrected chi connectivity index (χ2v) is 7.43. The topological polar surface area (TPSA) is 18.1 Å². The van der Waals surface area contributed by atoms with E-state index in [0.717, 1.165) is 25.2 Å². The number of rotatable bonds is 7. The first-order chi connectivity index (χ1) is 12.2. The van der Waals surface area contributed by atoms with Crippen LogP contribution in [0.4, 0.5) is 0 Å². The van der Waals surface area contributed by atoms with Gasteiger partial charge in [0.05, 0.1) is 20.2 Å². The maximum Gasteiger partial charge on any atom is 0.127 e. The fraction of sp³-hybridized carbons (Fsp3) is 0.455. The minimum Gasteiger partial charge on any atom is -0.493 e. The van der Waals surface area contributed by atoms with Gasteiger partial charge in [-0.1, -0.05) is 48.0 Å². The summed E-state index contributed by atoms with van der Waals surface area (Å²) in [5, 5.41) is 0. The molecule has 0 bridgehead atoms. The number of quaternary nitrogens is 2. The number of ether oxygens (including phenoxy) is 1. The largest absolute Gasteiger partial charge is 0.493 e. The van der Waals surface area contributed by atoms with E-state index < -0.39 is 0 Å². The number of likely N-dealkylation sites (N-methyl/N-ethyl adjacent to an activating group) is 1. The number of hydrogen-bond donors (Lipinski definition) is 2. The first-order valence-corrected chi connectivity index (χ1v) is 9.62. The normalized spacial score (nSPS) is 20.4. The second-order valence-electron chi connectivity index (χ2n) is 7.43. The summed E-state index contributed by atoms with van der Waals surface area (Å²) >= 11 is 0. The number of aryl methyl sites for hydroxylation is 1. The van der Waals surface area contributed by atoms with Gasteiger partial charge >= 0.3 is 0 Å². The van der Waals surface area contributed by atoms with Crippen LogP contribution in [0.3, 0.4) is 0 Å². The van der Waals surface area contributed by atoms with Crippen LogP contribution in [0, 0.1) is 6.92 Å². The lowest BCUT2D eigenvalue weighted by atomic mass is 10.0. The molecule has 3 nitrogen and oxygen atoms in total. The standard InChI is InChI=1S/C22H30N2O/c1-19-9-10-22(21(17-19)18-20-7-4-3-5-8-20)25-16-6-11-24-14-12-23(2)13-15-24/h3-5,7-10,17H,6,11-16,18H2,1-2H3/p+2. The monoisotopic (exact) mass is 340 g/mol. The molecule has 1 saturated heterocycles. The summed E-state index contributed by atoms with van der Waals surface area (Å²) in [7, 11) is 2.30. The molecule has 0 aromatic heterocycles. The van der Waals surface area contributed by atoms with E-state index in [1.807, 2.05) is 0 Å². The van der Waals surface area contributed by atoms with Gasteiger partial charge in [-0.25, -0.2) is 0 Å². The number of hydrogen-bond acceptors (Lipinski definition) is 1. The summed E-state index contributed by atoms with van der Waals surface area (Å²) in [6.45, 7) is 9.40. The van der Waals surface area contributed by atoms with Gasteiger partial charge in [-0.2, -0.15) is 0 Å². The smallest absolute Gasteiger partial charge is 0.127 e. The van der Waals surface area contributed by atoms with Crippen LogP contribution in [0.25, 0.3) is 0 Å². The van der Waals surface area contributed by atoms with Crippen molar-refractivity contribution in [3.63, 3.8) is 0 Å². The average molecular weight is 341 g/mol. The molecule has 134 valence electrons. The summed E-state index contributed by atoms with van der Waals surface area (Å²) < 4.78 is 6.16. The Hall–Kier alpha value is -1.84. The molecule has 1 aliphatic rings. The van der Waals surface area contributed by atoms with E-state index in [0.29, 0.717) is 0 Å². The molecule has 3 heteroatoms. The fourth-order valence-electron chi connectivity index (χ4n) is 3.59. The summed E-state index contributed by atoms with van der Waals surface area (Å²) in [5.74, 6) is 1.05. The van der Waals surface area contributed by atoms with E-state index in [4.69, 9.17) is 4.74 Å². The van der Waals surface area contributed by atoms with Gasteiger partial charge < -0.3 is 14.5 Å². The first kappa shape index (κ1) is 18.0. The highest BCUT2D eigenvalue weighted by molar-refractivity contribution is 5.40. The molecular formula is C22H32N2O+2. The zero-order valence-corrected chi connectivity index (χ0v) is 15.7. The van der Waals surface area contributed by atoms with Crippen molar-refractivity contribution in [1.82, 2.24) is 0 Å². The Morgan fingerprint density at radius 2 is 1.72 bits per heavy atom. The van der Waals surface area contributed by atoms with Crippen molar-refractivity contribution in [2.75, 3.05) is 46.4 Å². The third kappa shape index (κ3) is 5.58. The molecule has 0 spiro atoms. The minimum absolute atomic E-state index is 0.817. The van der Waals surface area contributed by atoms with Gasteiger partial charge in [-0.15, -0.1) is 0 Å². The van der Waals surface area contributed by atoms with Crippen LogP contribution in [0.5, 0.6) is 5.75 Å². The molecule has 0 unspecified atom stereocenters. The van der Waals surface area contributed by atoms with E-state index in [1.54, 1.807) is 9.80 Å². The molecule has 1 fully saturated rings. The van der Waals surface area contributed by atoms with Crippen molar-refractivity contribution in [2.45, 2.75) is 19.8 Å². The zero-order chi connectivity index (χ0) is 17.5. The van der Waals surface area contributed by atoms with E-state index in [1.165, 1.54) is 49.4 Å². The highest BCUT2D eigenvalue weighted by atomic mass is 16.5. The minimum atomic E-state index is 0.817. The van der Waals surface area contributed by atoms with Crippen LogP contribution in [0.2, 0.25) is 0 Å². The van der Waals surface area contributed by atoms with Crippen LogP contribution >= 0.6 is 0 Å². The Morgan fingerprint density at radius 1 is 0.960 bits per heavy atom. The Balaban J connectivity index is 1.51. The highest BCUT2D eigenvalue weighted by Crippen LogP contribution is 2.23. The van der Waals surface area contributed by atoms with Gasteiger partial charge in [0.25, 0.3) is 0 Å². The molecule has 2 aromatic rings. The Labute approximate surface area is 152 Å². The van der Waals surface area contributed by atoms with Crippen molar-refractivity contribution in [3.05, 3.63) is 65.2 Å². The molecular weight excluding hydrogens is 308 g/mol. The van der Waals surface area contributed by atoms with Crippen molar-refractivity contribution >= 4 is 0 Å². The SMILES string of the molecule is Cc1ccc(OCCC[NH+]2CC[NH+](C)CC2)c(Cc2ccccc2)c1. The molecule has 0 amide bonds. The predicted octanol–water partition coefficient (Wildman–Crippen LogP) is 0.768. The molecule has 0 aliphatic carbocycles. The van der Waals surface area contributed by atoms with E-state index in [-0.39, 0.29) is 0 Å². The van der Waals surface area contributed by atoms with Gasteiger partial charge in [-0.3, -0.25) is 0 Å². The van der Waals surface area contributed by atoms with Crippen molar-refractivity contribution in [2.24, 2.45) is 0 Å². The maximum atomic E-state index is 6.16. The molecule has 25 heavy (non-hydrogen) atoms. The Morgan fingerprint density at radius 3 is 2.48 bits per heavy atom. The van der Waals surface area contributed by atoms with Crippen LogP contribution in [0.1, 0.15) is 23.1 Å². The summed E-state index contributed by atoms with van der Waals surface area (Å²) in [6.07, 6.45) is 2.07. The van der Waals surface area contributed by atoms with Crippen LogP contribution in [-0.4, -0.2) is 46.4 Å². The van der Waals surface area contributed by atoms with Gasteiger partial charge in [0, 0.05) is 12.8 Å². The van der Waals surface area contributed by atoms with Gasteiger partial charge in [0.2, 0.25) is 0 Å². The summed E-state index contributed by atoms with van der Waals surface area (Å²) in [4.78, 5) is 3.41. The lowest BCUT2D eigenvalue weighted by molar-refractivity contribution is -1.00. The second kappa shape index (κ2) is 9.02. The molecule has 1 heterocycles. The summed E-state index contributed by atoms with van der Waals surface area (Å²) in [5.41, 5.74) is 3.92. The quantitative estimate of drug-likeness (QED) is 0.713. The summed E-state index contributed by atoms with van der Waals surface area (Å²) in [6, 6.07) is 17.2. The molecule has 2 N–H and O–H groups in total. The predicted molar refractivity (Wildman–Crippen MR) is 103 cm³/mol. The van der Waals surface area contributed by atoms with Gasteiger partial charge in [0.15, 0.2) is 0 Å². The van der Waals surface area contributed by atoms with E-state index in [2.05, 4.69) is 62.5 Å². The molecule has 2 aromatic carbocycles. The van der Waals surface area contributed by atoms with Crippen molar-refractivity contribution in [1.29, 1.82) is 0 Å². The van der Waals surface area contributed by atoms with Crippen molar-refractivity contribution in [3.8, 4) is 5.75 Å². The van der Waals surface area contributed by atoms with E-state index in [9.17, 15) is 0 Å². The number of benzene rings is 2. The molecule has 1 aliphatic heterocycles. The van der Waals surface area contributed by atoms with Crippen LogP contribution in [-0.2, 0) is 6.42 Å². The lowest BCUT2D eigenvalue weighted by Crippen LogP contribution is -3.27. The van der Waals surface area contributed by atoms with E-state index >= 15 is 0 Å². The first-order valence-electron chi connectivity index (χ1n) is 9.62. The van der Waals surface area contributed by atoms with Gasteiger partial charge in [0.1, 0.15) is 31.9 Å². The maximum absolute atomic E-state index is 6.16. The fourth-order valence-corrected chi connectivity index (χ4v) is 3.59. The highest BCUT2D eigenvalue weighted by Gasteiger charge is 2.19. The molecule has 3 rings (SSSR count). The van der Waals surface area contributed by atoms with Crippen LogP contribution < -0.4 is 14.5 Å². The average Bonchev–Trinajstić information content (AvgIpc) is 2.63. The zero-order valence-electron chi connectivity index (χ0n) is 15.7. The van der Waals surface area contributed by atoms with Crippen LogP contribution in [0.15, 0.2) is 48.5 Å². The third-order valence-corrected chi connectivity index (χ3v) is 5.20. The number of nitrogens with one attached hydrogen (secondary N) is 2. The van der Waals surface area contributed by atoms with Gasteiger partial charge in [-0.05, 0) is 24.1 Å². The van der Waals surface area contributed by atoms with Crippen molar-refractivity contribution < 1.29 is 14.5 Å². The lowest BCUT2D eigenvalue weighted by Gasteiger charge is -2.27. The third-order valence-electron chi connectivity index (χ3n) is 5.20. The number of piperazine rings is 1. The molecule has 0 saturated carbocycles. The molecule has 0 atom stereocenters. The Kier molecular flexibility index (Phi) is 6.48. The molecule has 0 radical (unpaired) electrons.